The normalized spacial score (nSPS) is 11.3. The molecule has 0 amide bonds. The number of aromatic nitrogens is 1. The Bertz CT molecular complexity index is 132. The van der Waals surface area contributed by atoms with Crippen LogP contribution in [-0.2, 0) is 11.3 Å². The van der Waals surface area contributed by atoms with E-state index in [1.807, 2.05) is 5.38 Å². The summed E-state index contributed by atoms with van der Waals surface area (Å²) < 4.78 is 17.6. The highest BCUT2D eigenvalue weighted by Crippen LogP contribution is 1.85. The molecule has 1 unspecified atom stereocenters. The Labute approximate surface area is 59.2 Å². The summed E-state index contributed by atoms with van der Waals surface area (Å²) in [7, 11) is 0. The summed E-state index contributed by atoms with van der Waals surface area (Å²) in [5, 5.41) is 5.96. The predicted octanol–water partition coefficient (Wildman–Crippen LogP) is -0.118. The lowest BCUT2D eigenvalue weighted by Gasteiger charge is -1.85. The Balaban J connectivity index is 0.000000148. The first-order valence-corrected chi connectivity index (χ1v) is 3.97. The second-order valence-corrected chi connectivity index (χ2v) is 2.21. The van der Waals surface area contributed by atoms with Gasteiger partial charge in [-0.2, -0.15) is 0 Å². The molecule has 2 N–H and O–H groups in total. The molecular weight excluding hydrogens is 160 g/mol. The Morgan fingerprint density at radius 2 is 2.33 bits per heavy atom. The highest BCUT2D eigenvalue weighted by molar-refractivity contribution is 7.76. The van der Waals surface area contributed by atoms with Crippen LogP contribution in [-0.4, -0.2) is 13.7 Å². The first-order valence-electron chi connectivity index (χ1n) is 1.89. The fraction of sp³-hybridized carbons (Fsp3) is 0. The van der Waals surface area contributed by atoms with E-state index in [4.69, 9.17) is 8.76 Å². The molecule has 0 radical (unpaired) electrons. The smallest absolute Gasteiger partial charge is 0.0791 e. The van der Waals surface area contributed by atoms with Gasteiger partial charge in [0.05, 0.1) is 5.51 Å². The molecule has 1 atom stereocenters. The van der Waals surface area contributed by atoms with Crippen molar-refractivity contribution in [1.82, 2.24) is 4.98 Å². The standard InChI is InChI=1S/C3H3NS.H3NO2S/c1-2-5-3-4-1;1-4(2)3/h1-3H;1H2,(H,2,3)/p-1. The Morgan fingerprint density at radius 3 is 2.44 bits per heavy atom. The molecule has 1 rings (SSSR count). The Kier molecular flexibility index (Phi) is 5.64. The third-order valence-corrected chi connectivity index (χ3v) is 0.869. The van der Waals surface area contributed by atoms with Crippen LogP contribution in [0.2, 0.25) is 0 Å². The molecular formula is C3H5N2O2S2-. The number of nitrogens with two attached hydrogens (primary N) is 1. The van der Waals surface area contributed by atoms with E-state index in [2.05, 4.69) is 10.1 Å². The second kappa shape index (κ2) is 5.83. The van der Waals surface area contributed by atoms with E-state index in [1.165, 1.54) is 0 Å². The van der Waals surface area contributed by atoms with Crippen molar-refractivity contribution in [2.45, 2.75) is 0 Å². The molecule has 0 aliphatic carbocycles. The molecule has 0 fully saturated rings. The van der Waals surface area contributed by atoms with Crippen LogP contribution >= 0.6 is 11.3 Å². The molecule has 0 spiro atoms. The molecule has 0 aliphatic rings. The van der Waals surface area contributed by atoms with E-state index < -0.39 is 11.3 Å². The van der Waals surface area contributed by atoms with Crippen LogP contribution in [0.25, 0.3) is 0 Å². The molecule has 52 valence electrons. The van der Waals surface area contributed by atoms with Crippen molar-refractivity contribution in [2.24, 2.45) is 5.14 Å². The molecule has 0 saturated heterocycles. The van der Waals surface area contributed by atoms with E-state index >= 15 is 0 Å². The minimum Gasteiger partial charge on any atom is -0.760 e. The monoisotopic (exact) mass is 165 g/mol. The van der Waals surface area contributed by atoms with Crippen LogP contribution in [0.4, 0.5) is 0 Å². The summed E-state index contributed by atoms with van der Waals surface area (Å²) >= 11 is -0.759. The molecule has 0 aromatic carbocycles. The number of rotatable bonds is 0. The van der Waals surface area contributed by atoms with Crippen LogP contribution in [0.3, 0.4) is 0 Å². The molecule has 4 nitrogen and oxygen atoms in total. The van der Waals surface area contributed by atoms with Crippen molar-refractivity contribution >= 4 is 22.6 Å². The SMILES string of the molecule is NS(=O)[O-].c1cscn1. The summed E-state index contributed by atoms with van der Waals surface area (Å²) in [5.41, 5.74) is 1.79. The Morgan fingerprint density at radius 1 is 1.78 bits per heavy atom. The summed E-state index contributed by atoms with van der Waals surface area (Å²) in [4.78, 5) is 3.74. The number of hydrogen-bond donors (Lipinski definition) is 1. The highest BCUT2D eigenvalue weighted by Gasteiger charge is 1.59. The highest BCUT2D eigenvalue weighted by atomic mass is 32.2. The van der Waals surface area contributed by atoms with E-state index in [0.717, 1.165) is 0 Å². The van der Waals surface area contributed by atoms with Gasteiger partial charge in [-0.1, -0.05) is 0 Å². The van der Waals surface area contributed by atoms with Gasteiger partial charge in [0.1, 0.15) is 0 Å². The minimum atomic E-state index is -2.36. The number of hydrogen-bond acceptors (Lipinski definition) is 4. The lowest BCUT2D eigenvalue weighted by atomic mass is 11.0. The van der Waals surface area contributed by atoms with Crippen LogP contribution in [0.15, 0.2) is 17.1 Å². The summed E-state index contributed by atoms with van der Waals surface area (Å²) in [6.45, 7) is 0. The van der Waals surface area contributed by atoms with Gasteiger partial charge in [-0.15, -0.1) is 11.3 Å². The molecule has 1 heterocycles. The molecule has 1 aromatic rings. The van der Waals surface area contributed by atoms with Crippen LogP contribution < -0.4 is 5.14 Å². The maximum Gasteiger partial charge on any atom is 0.0791 e. The zero-order valence-electron chi connectivity index (χ0n) is 4.39. The zero-order chi connectivity index (χ0) is 7.11. The predicted molar refractivity (Wildman–Crippen MR) is 35.2 cm³/mol. The van der Waals surface area contributed by atoms with Crippen LogP contribution in [0, 0.1) is 0 Å². The molecule has 6 heteroatoms. The van der Waals surface area contributed by atoms with Gasteiger partial charge >= 0.3 is 0 Å². The first kappa shape index (κ1) is 8.70. The maximum atomic E-state index is 8.78. The summed E-state index contributed by atoms with van der Waals surface area (Å²) in [6, 6.07) is 0. The first-order chi connectivity index (χ1) is 4.23. The quantitative estimate of drug-likeness (QED) is 0.544. The lowest BCUT2D eigenvalue weighted by molar-refractivity contribution is 0.539. The third kappa shape index (κ3) is 11.3. The van der Waals surface area contributed by atoms with Crippen LogP contribution in [0.1, 0.15) is 0 Å². The largest absolute Gasteiger partial charge is 0.760 e. The topological polar surface area (TPSA) is 79.0 Å². The fourth-order valence-electron chi connectivity index (χ4n) is 0.176. The van der Waals surface area contributed by atoms with Crippen molar-refractivity contribution in [3.8, 4) is 0 Å². The number of thiazole rings is 1. The van der Waals surface area contributed by atoms with Gasteiger partial charge in [0.25, 0.3) is 0 Å². The minimum absolute atomic E-state index is 1.60. The Hall–Kier alpha value is -0.300. The van der Waals surface area contributed by atoms with Gasteiger partial charge in [0.2, 0.25) is 0 Å². The average molecular weight is 165 g/mol. The number of nitrogens with zero attached hydrogens (tertiary/aromatic N) is 1. The molecule has 0 aliphatic heterocycles. The van der Waals surface area contributed by atoms with Crippen molar-refractivity contribution < 1.29 is 8.76 Å². The van der Waals surface area contributed by atoms with E-state index in [-0.39, 0.29) is 0 Å². The van der Waals surface area contributed by atoms with Gasteiger partial charge in [0, 0.05) is 22.8 Å². The zero-order valence-corrected chi connectivity index (χ0v) is 6.02. The molecule has 1 aromatic heterocycles. The van der Waals surface area contributed by atoms with Gasteiger partial charge in [0.15, 0.2) is 0 Å². The molecule has 9 heavy (non-hydrogen) atoms. The van der Waals surface area contributed by atoms with Crippen molar-refractivity contribution in [3.63, 3.8) is 0 Å². The third-order valence-electron chi connectivity index (χ3n) is 0.347. The van der Waals surface area contributed by atoms with Crippen molar-refractivity contribution in [1.29, 1.82) is 0 Å². The summed E-state index contributed by atoms with van der Waals surface area (Å²) in [5.74, 6) is 0. The summed E-state index contributed by atoms with van der Waals surface area (Å²) in [6.07, 6.45) is 1.77. The molecule has 0 bridgehead atoms. The van der Waals surface area contributed by atoms with Gasteiger partial charge in [-0.3, -0.25) is 14.3 Å². The lowest BCUT2D eigenvalue weighted by Crippen LogP contribution is -1.97. The van der Waals surface area contributed by atoms with E-state index in [1.54, 1.807) is 23.0 Å². The van der Waals surface area contributed by atoms with Crippen molar-refractivity contribution in [3.05, 3.63) is 17.1 Å². The van der Waals surface area contributed by atoms with Gasteiger partial charge in [-0.25, -0.2) is 0 Å². The molecule has 0 saturated carbocycles. The second-order valence-electron chi connectivity index (χ2n) is 0.936. The van der Waals surface area contributed by atoms with E-state index in [0.29, 0.717) is 0 Å². The van der Waals surface area contributed by atoms with Crippen molar-refractivity contribution in [2.75, 3.05) is 0 Å². The van der Waals surface area contributed by atoms with Crippen LogP contribution in [0.5, 0.6) is 0 Å². The fourth-order valence-corrected chi connectivity index (χ4v) is 0.527. The van der Waals surface area contributed by atoms with E-state index in [9.17, 15) is 0 Å². The average Bonchev–Trinajstić information content (AvgIpc) is 2.11. The maximum absolute atomic E-state index is 8.78. The van der Waals surface area contributed by atoms with Gasteiger partial charge < -0.3 is 4.55 Å². The van der Waals surface area contributed by atoms with Gasteiger partial charge in [-0.05, 0) is 0 Å².